The van der Waals surface area contributed by atoms with Crippen molar-refractivity contribution in [2.75, 3.05) is 63.1 Å². The van der Waals surface area contributed by atoms with Crippen LogP contribution < -0.4 is 21.3 Å². The number of aliphatic hydroxyl groups excluding tert-OH is 1. The predicted octanol–water partition coefficient (Wildman–Crippen LogP) is 3.92. The summed E-state index contributed by atoms with van der Waals surface area (Å²) < 4.78 is 5.51. The van der Waals surface area contributed by atoms with Crippen LogP contribution in [-0.2, 0) is 57.5 Å². The molecule has 1 saturated heterocycles. The molecule has 1 rings (SSSR count). The summed E-state index contributed by atoms with van der Waals surface area (Å²) >= 11 is 0. The SMILES string of the molecule is C/C=C/C[C@@H](C)[C@@H](O)[C@H]1C(=O)N[C@@H](CC)C(=O)N(C)[C@H](C(C)C)C(=O)N(C)[C@@H](C(C)COC)C(=O)N[C@@H](C(C)C)C(=O)N(C)[C@@H](CCC(C)C)C(=O)N[C@@H](C)C(=O)N[C@H](C)C(=O)N(C)[C@@H](CC(C)C)C(=O)N(C)[C@@H](CC(C)C)C(=O)N(C)[C@@H](C(C)C)C(=O)N1C. The fourth-order valence-corrected chi connectivity index (χ4v) is 11.9. The Bertz CT molecular complexity index is 2450. The van der Waals surface area contributed by atoms with Gasteiger partial charge in [-0.05, 0) is 101 Å². The topological polar surface area (TPSA) is 288 Å². The van der Waals surface area contributed by atoms with E-state index in [4.69, 9.17) is 4.74 Å². The molecule has 1 heterocycles. The van der Waals surface area contributed by atoms with Gasteiger partial charge < -0.3 is 65.4 Å². The van der Waals surface area contributed by atoms with E-state index in [1.54, 1.807) is 75.3 Å². The summed E-state index contributed by atoms with van der Waals surface area (Å²) in [6.45, 7) is 31.5. The number of hydrogen-bond acceptors (Lipinski definition) is 13. The van der Waals surface area contributed by atoms with Crippen molar-refractivity contribution in [1.82, 2.24) is 55.6 Å². The van der Waals surface area contributed by atoms with Gasteiger partial charge in [-0.1, -0.05) is 116 Å². The van der Waals surface area contributed by atoms with Crippen LogP contribution in [0.4, 0.5) is 0 Å². The normalized spacial score (nSPS) is 27.3. The molecule has 24 heteroatoms. The van der Waals surface area contributed by atoms with Crippen molar-refractivity contribution in [2.24, 2.45) is 47.3 Å². The van der Waals surface area contributed by atoms with Crippen LogP contribution in [0.2, 0.25) is 0 Å². The molecule has 0 bridgehead atoms. The van der Waals surface area contributed by atoms with Crippen LogP contribution >= 0.6 is 0 Å². The van der Waals surface area contributed by atoms with Crippen molar-refractivity contribution in [1.29, 1.82) is 0 Å². The second-order valence-electron chi connectivity index (χ2n) is 27.6. The number of carbonyl (C=O) groups excluding carboxylic acids is 11. The molecule has 1 unspecified atom stereocenters. The average Bonchev–Trinajstić information content (AvgIpc) is 0.851. The van der Waals surface area contributed by atoms with Crippen molar-refractivity contribution in [3.63, 3.8) is 0 Å². The highest BCUT2D eigenvalue weighted by molar-refractivity contribution is 6.00. The van der Waals surface area contributed by atoms with Gasteiger partial charge in [-0.25, -0.2) is 0 Å². The molecule has 90 heavy (non-hydrogen) atoms. The van der Waals surface area contributed by atoms with E-state index in [0.717, 1.165) is 4.90 Å². The Morgan fingerprint density at radius 2 is 0.889 bits per heavy atom. The van der Waals surface area contributed by atoms with E-state index < -0.39 is 167 Å². The number of carbonyl (C=O) groups is 11. The van der Waals surface area contributed by atoms with Gasteiger partial charge in [0, 0.05) is 62.4 Å². The summed E-state index contributed by atoms with van der Waals surface area (Å²) in [5.74, 6) is -10.9. The molecule has 0 spiro atoms. The number of nitrogens with one attached hydrogen (secondary N) is 4. The molecule has 11 amide bonds. The number of methoxy groups -OCH3 is 1. The molecule has 1 fully saturated rings. The fraction of sp³-hybridized carbons (Fsp3) is 0.803. The standard InChI is InChI=1S/C66H119N11O13/c1-27-29-30-42(15)55(78)54-59(82)69-46(28-2)61(84)74(22)51(40(11)12)65(88)76(24)53(43(16)35-90-26)58(81)70-50(39(9)10)64(87)71(19)47(32-31-36(3)4)57(80)67-44(17)56(79)68-45(18)60(83)72(20)48(33-37(5)6)62(85)73(21)49(34-38(7)8)63(86)75(23)52(41(13)14)66(89)77(54)25/h27,29,36-55,78H,28,30-35H2,1-26H3,(H,67,80)(H,68,79)(H,69,82)(H,70,81)/b29-27+/t42-,43?,44+,45-,46+,47+,48+,49+,50+,51-,52+,53+,54+,55-/m1/s1. The van der Waals surface area contributed by atoms with Gasteiger partial charge in [0.2, 0.25) is 65.0 Å². The van der Waals surface area contributed by atoms with E-state index in [9.17, 15) is 33.9 Å². The molecule has 1 aliphatic heterocycles. The van der Waals surface area contributed by atoms with Crippen molar-refractivity contribution in [3.8, 4) is 0 Å². The van der Waals surface area contributed by atoms with E-state index >= 15 is 24.0 Å². The Morgan fingerprint density at radius 3 is 1.32 bits per heavy atom. The van der Waals surface area contributed by atoms with Crippen molar-refractivity contribution in [3.05, 3.63) is 12.2 Å². The first-order valence-corrected chi connectivity index (χ1v) is 32.5. The average molecular weight is 1270 g/mol. The van der Waals surface area contributed by atoms with E-state index in [-0.39, 0.29) is 50.0 Å². The number of ether oxygens (including phenoxy) is 1. The number of amides is 11. The Balaban J connectivity index is 4.50. The minimum absolute atomic E-state index is 0.00229. The van der Waals surface area contributed by atoms with Gasteiger partial charge in [0.05, 0.1) is 12.7 Å². The molecule has 0 aliphatic carbocycles. The van der Waals surface area contributed by atoms with Gasteiger partial charge in [0.25, 0.3) is 0 Å². The van der Waals surface area contributed by atoms with Crippen LogP contribution in [0, 0.1) is 47.3 Å². The number of rotatable bonds is 18. The number of aliphatic hydroxyl groups is 1. The van der Waals surface area contributed by atoms with E-state index in [1.807, 2.05) is 47.6 Å². The molecule has 14 atom stereocenters. The maximum atomic E-state index is 15.3. The van der Waals surface area contributed by atoms with E-state index in [1.165, 1.54) is 99.7 Å². The maximum Gasteiger partial charge on any atom is 0.246 e. The minimum atomic E-state index is -1.64. The molecule has 0 aromatic carbocycles. The lowest BCUT2D eigenvalue weighted by atomic mass is 9.91. The van der Waals surface area contributed by atoms with Crippen molar-refractivity contribution < 1.29 is 62.6 Å². The van der Waals surface area contributed by atoms with Crippen molar-refractivity contribution >= 4 is 65.0 Å². The largest absolute Gasteiger partial charge is 0.390 e. The molecule has 0 aromatic rings. The highest BCUT2D eigenvalue weighted by Gasteiger charge is 2.47. The quantitative estimate of drug-likeness (QED) is 0.122. The second-order valence-corrected chi connectivity index (χ2v) is 27.6. The number of likely N-dealkylation sites (N-methyl/N-ethyl adjacent to an activating group) is 7. The van der Waals surface area contributed by atoms with Gasteiger partial charge in [-0.15, -0.1) is 0 Å². The fourth-order valence-electron chi connectivity index (χ4n) is 11.9. The summed E-state index contributed by atoms with van der Waals surface area (Å²) in [5.41, 5.74) is 0. The summed E-state index contributed by atoms with van der Waals surface area (Å²) in [4.78, 5) is 172. The highest BCUT2D eigenvalue weighted by Crippen LogP contribution is 2.27. The summed E-state index contributed by atoms with van der Waals surface area (Å²) in [5, 5.41) is 23.3. The van der Waals surface area contributed by atoms with Gasteiger partial charge in [-0.2, -0.15) is 0 Å². The zero-order chi connectivity index (χ0) is 69.8. The smallest absolute Gasteiger partial charge is 0.246 e. The van der Waals surface area contributed by atoms with E-state index in [0.29, 0.717) is 12.8 Å². The van der Waals surface area contributed by atoms with Crippen LogP contribution in [0.15, 0.2) is 12.2 Å². The summed E-state index contributed by atoms with van der Waals surface area (Å²) in [7, 11) is 11.4. The number of allylic oxidation sites excluding steroid dienone is 2. The Morgan fingerprint density at radius 1 is 0.467 bits per heavy atom. The predicted molar refractivity (Wildman–Crippen MR) is 348 cm³/mol. The molecule has 0 saturated carbocycles. The van der Waals surface area contributed by atoms with Crippen LogP contribution in [0.5, 0.6) is 0 Å². The molecule has 5 N–H and O–H groups in total. The van der Waals surface area contributed by atoms with Gasteiger partial charge in [-0.3, -0.25) is 52.7 Å². The van der Waals surface area contributed by atoms with Crippen LogP contribution in [-0.4, -0.2) is 240 Å². The zero-order valence-corrected chi connectivity index (χ0v) is 59.6. The Kier molecular flexibility index (Phi) is 34.0. The molecule has 24 nitrogen and oxygen atoms in total. The maximum absolute atomic E-state index is 15.3. The zero-order valence-electron chi connectivity index (χ0n) is 59.6. The van der Waals surface area contributed by atoms with Gasteiger partial charge >= 0.3 is 0 Å². The molecular formula is C66H119N11O13. The van der Waals surface area contributed by atoms with Crippen LogP contribution in [0.25, 0.3) is 0 Å². The highest BCUT2D eigenvalue weighted by atomic mass is 16.5. The van der Waals surface area contributed by atoms with Crippen LogP contribution in [0.1, 0.15) is 163 Å². The number of nitrogens with zero attached hydrogens (tertiary/aromatic N) is 7. The minimum Gasteiger partial charge on any atom is -0.390 e. The van der Waals surface area contributed by atoms with Gasteiger partial charge in [0.15, 0.2) is 0 Å². The lowest BCUT2D eigenvalue weighted by Crippen LogP contribution is -2.64. The first-order chi connectivity index (χ1) is 41.6. The monoisotopic (exact) mass is 1270 g/mol. The van der Waals surface area contributed by atoms with E-state index in [2.05, 4.69) is 21.3 Å². The first-order valence-electron chi connectivity index (χ1n) is 32.5. The van der Waals surface area contributed by atoms with Crippen LogP contribution in [0.3, 0.4) is 0 Å². The second kappa shape index (κ2) is 37.4. The third kappa shape index (κ3) is 22.0. The lowest BCUT2D eigenvalue weighted by molar-refractivity contribution is -0.157. The molecular weight excluding hydrogens is 1150 g/mol. The molecule has 0 radical (unpaired) electrons. The third-order valence-electron chi connectivity index (χ3n) is 17.4. The number of hydrogen-bond donors (Lipinski definition) is 5. The molecule has 516 valence electrons. The molecule has 1 aliphatic rings. The summed E-state index contributed by atoms with van der Waals surface area (Å²) in [6, 6.07) is -13.9. The first kappa shape index (κ1) is 81.8. The van der Waals surface area contributed by atoms with Crippen molar-refractivity contribution in [2.45, 2.75) is 236 Å². The van der Waals surface area contributed by atoms with Gasteiger partial charge in [0.1, 0.15) is 66.5 Å². The third-order valence-corrected chi connectivity index (χ3v) is 17.4. The lowest BCUT2D eigenvalue weighted by Gasteiger charge is -2.42. The summed E-state index contributed by atoms with van der Waals surface area (Å²) in [6.07, 6.45) is 3.31. The Hall–Kier alpha value is -6.17. The molecule has 0 aromatic heterocycles. The Labute approximate surface area is 539 Å².